The van der Waals surface area contributed by atoms with Gasteiger partial charge in [-0.3, -0.25) is 9.59 Å². The maximum absolute atomic E-state index is 12.3. The number of carbonyl (C=O) groups excluding carboxylic acids is 2. The molecular formula is C18H18ClNO3. The van der Waals surface area contributed by atoms with Crippen LogP contribution in [0, 0.1) is 5.92 Å². The van der Waals surface area contributed by atoms with E-state index in [-0.39, 0.29) is 18.2 Å². The van der Waals surface area contributed by atoms with Crippen LogP contribution in [0.25, 0.3) is 0 Å². The van der Waals surface area contributed by atoms with E-state index in [1.807, 2.05) is 12.2 Å². The number of carbonyl (C=O) groups is 2. The van der Waals surface area contributed by atoms with Crippen molar-refractivity contribution >= 4 is 23.3 Å². The van der Waals surface area contributed by atoms with E-state index in [1.165, 1.54) is 4.90 Å². The lowest BCUT2D eigenvalue weighted by Gasteiger charge is -2.17. The van der Waals surface area contributed by atoms with Gasteiger partial charge in [-0.2, -0.15) is 0 Å². The van der Waals surface area contributed by atoms with Crippen LogP contribution in [0.3, 0.4) is 0 Å². The molecule has 2 aliphatic rings. The number of likely N-dealkylation sites (tertiary alicyclic amines) is 1. The molecule has 1 heterocycles. The van der Waals surface area contributed by atoms with Crippen molar-refractivity contribution in [1.29, 1.82) is 0 Å². The summed E-state index contributed by atoms with van der Waals surface area (Å²) in [6.07, 6.45) is 6.90. The molecule has 3 rings (SSSR count). The second kappa shape index (κ2) is 6.20. The molecule has 0 aromatic heterocycles. The highest BCUT2D eigenvalue weighted by Crippen LogP contribution is 2.35. The molecule has 0 N–H and O–H groups in total. The molecule has 5 heteroatoms. The van der Waals surface area contributed by atoms with E-state index >= 15 is 0 Å². The molecule has 0 spiro atoms. The number of amides is 1. The molecule has 1 saturated heterocycles. The molecule has 1 aromatic carbocycles. The summed E-state index contributed by atoms with van der Waals surface area (Å²) in [5.41, 5.74) is 0.532. The van der Waals surface area contributed by atoms with E-state index in [0.29, 0.717) is 22.3 Å². The van der Waals surface area contributed by atoms with Crippen molar-refractivity contribution in [3.05, 3.63) is 52.8 Å². The molecule has 120 valence electrons. The summed E-state index contributed by atoms with van der Waals surface area (Å²) in [4.78, 5) is 25.9. The van der Waals surface area contributed by atoms with Crippen molar-refractivity contribution in [1.82, 2.24) is 4.90 Å². The molecule has 4 nitrogen and oxygen atoms in total. The first-order valence-corrected chi connectivity index (χ1v) is 7.97. The lowest BCUT2D eigenvalue weighted by atomic mass is 9.95. The van der Waals surface area contributed by atoms with E-state index in [4.69, 9.17) is 16.3 Å². The molecule has 2 unspecified atom stereocenters. The molecule has 0 bridgehead atoms. The number of hydrogen-bond acceptors (Lipinski definition) is 3. The number of halogens is 1. The van der Waals surface area contributed by atoms with Crippen LogP contribution < -0.4 is 4.74 Å². The fourth-order valence-electron chi connectivity index (χ4n) is 2.82. The van der Waals surface area contributed by atoms with E-state index in [2.05, 4.69) is 13.0 Å². The number of ketones is 1. The summed E-state index contributed by atoms with van der Waals surface area (Å²) in [5.74, 6) is 0.523. The minimum absolute atomic E-state index is 0.121. The van der Waals surface area contributed by atoms with Crippen molar-refractivity contribution < 1.29 is 14.3 Å². The van der Waals surface area contributed by atoms with Crippen LogP contribution in [-0.4, -0.2) is 30.2 Å². The Kier molecular flexibility index (Phi) is 4.26. The summed E-state index contributed by atoms with van der Waals surface area (Å²) in [6.45, 7) is 2.25. The van der Waals surface area contributed by atoms with E-state index in [1.54, 1.807) is 25.2 Å². The van der Waals surface area contributed by atoms with Crippen LogP contribution in [0.4, 0.5) is 0 Å². The fraction of sp³-hybridized carbons (Fsp3) is 0.333. The van der Waals surface area contributed by atoms with Gasteiger partial charge in [0, 0.05) is 17.6 Å². The third-order valence-corrected chi connectivity index (χ3v) is 4.36. The van der Waals surface area contributed by atoms with E-state index < -0.39 is 5.92 Å². The lowest BCUT2D eigenvalue weighted by Crippen LogP contribution is -2.22. The Hall–Kier alpha value is -2.07. The topological polar surface area (TPSA) is 46.6 Å². The minimum atomic E-state index is -0.833. The molecule has 1 aromatic rings. The van der Waals surface area contributed by atoms with E-state index in [0.717, 1.165) is 12.2 Å². The lowest BCUT2D eigenvalue weighted by molar-refractivity contribution is -0.128. The SMILES string of the molecule is CC1C=CC(Oc2ccc(Cl)cc2C2C(=O)CN(C)C2=O)=CC1. The summed E-state index contributed by atoms with van der Waals surface area (Å²) in [7, 11) is 1.62. The Morgan fingerprint density at radius 1 is 1.30 bits per heavy atom. The van der Waals surface area contributed by atoms with Gasteiger partial charge in [-0.15, -0.1) is 0 Å². The number of ether oxygens (including phenoxy) is 1. The first kappa shape index (κ1) is 15.8. The summed E-state index contributed by atoms with van der Waals surface area (Å²) >= 11 is 6.07. The van der Waals surface area contributed by atoms with Crippen molar-refractivity contribution in [2.24, 2.45) is 5.92 Å². The first-order valence-electron chi connectivity index (χ1n) is 7.59. The maximum atomic E-state index is 12.3. The zero-order chi connectivity index (χ0) is 16.6. The monoisotopic (exact) mass is 331 g/mol. The Morgan fingerprint density at radius 2 is 2.09 bits per heavy atom. The van der Waals surface area contributed by atoms with Crippen LogP contribution in [-0.2, 0) is 9.59 Å². The van der Waals surface area contributed by atoms with Crippen LogP contribution in [0.1, 0.15) is 24.8 Å². The van der Waals surface area contributed by atoms with Crippen molar-refractivity contribution in [2.75, 3.05) is 13.6 Å². The molecular weight excluding hydrogens is 314 g/mol. The molecule has 2 atom stereocenters. The van der Waals surface area contributed by atoms with Crippen LogP contribution in [0.2, 0.25) is 5.02 Å². The van der Waals surface area contributed by atoms with Gasteiger partial charge in [0.05, 0.1) is 6.54 Å². The third kappa shape index (κ3) is 3.17. The first-order chi connectivity index (χ1) is 11.0. The van der Waals surface area contributed by atoms with E-state index in [9.17, 15) is 9.59 Å². The van der Waals surface area contributed by atoms with Gasteiger partial charge in [0.25, 0.3) is 0 Å². The standard InChI is InChI=1S/C18H18ClNO3/c1-11-3-6-13(7-4-11)23-16-8-5-12(19)9-14(16)17-15(21)10-20(2)18(17)22/h3,5-9,11,17H,4,10H2,1-2H3. The normalized spacial score (nSPS) is 24.1. The Labute approximate surface area is 140 Å². The Bertz CT molecular complexity index is 723. The molecule has 1 fully saturated rings. The minimum Gasteiger partial charge on any atom is -0.457 e. The number of rotatable bonds is 3. The Balaban J connectivity index is 1.94. The Morgan fingerprint density at radius 3 is 2.70 bits per heavy atom. The number of hydrogen-bond donors (Lipinski definition) is 0. The van der Waals surface area contributed by atoms with Gasteiger partial charge in [-0.1, -0.05) is 24.6 Å². The molecule has 0 radical (unpaired) electrons. The van der Waals surface area contributed by atoms with Crippen molar-refractivity contribution in [3.8, 4) is 5.75 Å². The average molecular weight is 332 g/mol. The van der Waals surface area contributed by atoms with Crippen LogP contribution >= 0.6 is 11.6 Å². The largest absolute Gasteiger partial charge is 0.457 e. The van der Waals surface area contributed by atoms with Crippen molar-refractivity contribution in [3.63, 3.8) is 0 Å². The highest BCUT2D eigenvalue weighted by atomic mass is 35.5. The van der Waals surface area contributed by atoms with Crippen LogP contribution in [0.15, 0.2) is 42.2 Å². The van der Waals surface area contributed by atoms with Gasteiger partial charge in [0.15, 0.2) is 5.78 Å². The zero-order valence-corrected chi connectivity index (χ0v) is 13.8. The molecule has 1 aliphatic heterocycles. The van der Waals surface area contributed by atoms with Gasteiger partial charge < -0.3 is 9.64 Å². The zero-order valence-electron chi connectivity index (χ0n) is 13.1. The van der Waals surface area contributed by atoms with Gasteiger partial charge in [-0.25, -0.2) is 0 Å². The number of allylic oxidation sites excluding steroid dienone is 3. The molecule has 1 aliphatic carbocycles. The van der Waals surface area contributed by atoms with Crippen molar-refractivity contribution in [2.45, 2.75) is 19.3 Å². The number of Topliss-reactive ketones (excluding diaryl/α,β-unsaturated/α-hetero) is 1. The van der Waals surface area contributed by atoms with Gasteiger partial charge >= 0.3 is 0 Å². The number of benzene rings is 1. The predicted octanol–water partition coefficient (Wildman–Crippen LogP) is 3.32. The molecule has 0 saturated carbocycles. The highest BCUT2D eigenvalue weighted by molar-refractivity contribution is 6.30. The highest BCUT2D eigenvalue weighted by Gasteiger charge is 2.40. The third-order valence-electron chi connectivity index (χ3n) is 4.13. The number of likely N-dealkylation sites (N-methyl/N-ethyl adjacent to an activating group) is 1. The predicted molar refractivity (Wildman–Crippen MR) is 88.5 cm³/mol. The molecule has 1 amide bonds. The van der Waals surface area contributed by atoms with Gasteiger partial charge in [0.1, 0.15) is 17.4 Å². The summed E-state index contributed by atoms with van der Waals surface area (Å²) in [6, 6.07) is 5.05. The second-order valence-electron chi connectivity index (χ2n) is 6.06. The number of nitrogens with zero attached hydrogens (tertiary/aromatic N) is 1. The smallest absolute Gasteiger partial charge is 0.238 e. The fourth-order valence-corrected chi connectivity index (χ4v) is 3.00. The molecule has 23 heavy (non-hydrogen) atoms. The quantitative estimate of drug-likeness (QED) is 0.798. The van der Waals surface area contributed by atoms with Gasteiger partial charge in [0.2, 0.25) is 5.91 Å². The summed E-state index contributed by atoms with van der Waals surface area (Å²) < 4.78 is 5.93. The summed E-state index contributed by atoms with van der Waals surface area (Å²) in [5, 5.41) is 0.476. The van der Waals surface area contributed by atoms with Crippen LogP contribution in [0.5, 0.6) is 5.75 Å². The second-order valence-corrected chi connectivity index (χ2v) is 6.49. The van der Waals surface area contributed by atoms with Gasteiger partial charge in [-0.05, 0) is 42.7 Å². The average Bonchev–Trinajstić information content (AvgIpc) is 2.76. The maximum Gasteiger partial charge on any atom is 0.238 e.